The normalized spacial score (nSPS) is 22.9. The third kappa shape index (κ3) is 3.49. The van der Waals surface area contributed by atoms with Gasteiger partial charge in [0, 0.05) is 18.3 Å². The topological polar surface area (TPSA) is 62.7 Å². The number of carbonyl (C=O) groups excluding carboxylic acids is 1. The Kier molecular flexibility index (Phi) is 4.07. The molecule has 1 aliphatic rings. The first-order valence-corrected chi connectivity index (χ1v) is 7.31. The molecule has 1 N–H and O–H groups in total. The first kappa shape index (κ1) is 15.3. The van der Waals surface area contributed by atoms with Crippen LogP contribution in [0.4, 0.5) is 4.79 Å². The van der Waals surface area contributed by atoms with Crippen molar-refractivity contribution in [2.24, 2.45) is 0 Å². The number of hydrogen-bond acceptors (Lipinski definition) is 4. The Morgan fingerprint density at radius 1 is 1.50 bits per heavy atom. The monoisotopic (exact) mass is 342 g/mol. The molecule has 6 heteroatoms. The van der Waals surface area contributed by atoms with Crippen LogP contribution in [0.1, 0.15) is 32.8 Å². The Balaban J connectivity index is 2.07. The van der Waals surface area contributed by atoms with Crippen molar-refractivity contribution < 1.29 is 14.6 Å². The molecule has 1 amide bonds. The number of ether oxygens (including phenoxy) is 1. The van der Waals surface area contributed by atoms with Gasteiger partial charge < -0.3 is 14.7 Å². The number of β-amino-alcohol motifs (C(OH)–C–C–N with tert-alkyl or cyclic N) is 1. The summed E-state index contributed by atoms with van der Waals surface area (Å²) in [5.41, 5.74) is -0.867. The van der Waals surface area contributed by atoms with Crippen molar-refractivity contribution in [2.45, 2.75) is 38.4 Å². The third-order valence-corrected chi connectivity index (χ3v) is 3.63. The molecule has 1 saturated heterocycles. The van der Waals surface area contributed by atoms with Crippen LogP contribution in [0.5, 0.6) is 0 Å². The van der Waals surface area contributed by atoms with Gasteiger partial charge in [-0.1, -0.05) is 6.07 Å². The maximum absolute atomic E-state index is 12.0. The zero-order valence-electron chi connectivity index (χ0n) is 11.9. The van der Waals surface area contributed by atoms with E-state index in [0.717, 1.165) is 0 Å². The van der Waals surface area contributed by atoms with E-state index in [-0.39, 0.29) is 6.54 Å². The number of pyridine rings is 1. The van der Waals surface area contributed by atoms with Crippen LogP contribution in [0.3, 0.4) is 0 Å². The molecule has 2 heterocycles. The highest BCUT2D eigenvalue weighted by atomic mass is 79.9. The lowest BCUT2D eigenvalue weighted by molar-refractivity contribution is 0.0139. The van der Waals surface area contributed by atoms with Crippen LogP contribution in [0.2, 0.25) is 0 Å². The van der Waals surface area contributed by atoms with Crippen molar-refractivity contribution in [3.8, 4) is 0 Å². The number of halogens is 1. The van der Waals surface area contributed by atoms with Crippen LogP contribution in [0, 0.1) is 0 Å². The molecule has 0 bridgehead atoms. The van der Waals surface area contributed by atoms with Gasteiger partial charge in [0.25, 0.3) is 0 Å². The van der Waals surface area contributed by atoms with E-state index in [1.165, 1.54) is 4.90 Å². The lowest BCUT2D eigenvalue weighted by Gasteiger charge is -2.26. The SMILES string of the molecule is CC(C)(C)OC(=O)N1CCC(O)(c2ccc(Br)nc2)C1. The highest BCUT2D eigenvalue weighted by Crippen LogP contribution is 2.32. The summed E-state index contributed by atoms with van der Waals surface area (Å²) in [4.78, 5) is 17.7. The van der Waals surface area contributed by atoms with Crippen LogP contribution >= 0.6 is 15.9 Å². The van der Waals surface area contributed by atoms with Gasteiger partial charge in [-0.05, 0) is 49.2 Å². The van der Waals surface area contributed by atoms with Gasteiger partial charge in [-0.25, -0.2) is 9.78 Å². The number of carbonyl (C=O) groups is 1. The van der Waals surface area contributed by atoms with Crippen LogP contribution in [0.25, 0.3) is 0 Å². The number of nitrogens with zero attached hydrogens (tertiary/aromatic N) is 2. The van der Waals surface area contributed by atoms with E-state index in [4.69, 9.17) is 4.74 Å². The largest absolute Gasteiger partial charge is 0.444 e. The summed E-state index contributed by atoms with van der Waals surface area (Å²) < 4.78 is 6.04. The first-order valence-electron chi connectivity index (χ1n) is 6.52. The van der Waals surface area contributed by atoms with Gasteiger partial charge in [0.15, 0.2) is 0 Å². The second-order valence-corrected chi connectivity index (χ2v) is 6.87. The highest BCUT2D eigenvalue weighted by Gasteiger charge is 2.41. The molecular weight excluding hydrogens is 324 g/mol. The molecule has 5 nitrogen and oxygen atoms in total. The van der Waals surface area contributed by atoms with Crippen molar-refractivity contribution in [3.63, 3.8) is 0 Å². The standard InChI is InChI=1S/C14H19BrN2O3/c1-13(2,3)20-12(18)17-7-6-14(19,9-17)10-4-5-11(15)16-8-10/h4-5,8,19H,6-7,9H2,1-3H3. The molecule has 0 saturated carbocycles. The van der Waals surface area contributed by atoms with Crippen LogP contribution in [-0.2, 0) is 10.3 Å². The van der Waals surface area contributed by atoms with Crippen LogP contribution < -0.4 is 0 Å². The van der Waals surface area contributed by atoms with E-state index >= 15 is 0 Å². The van der Waals surface area contributed by atoms with E-state index in [1.54, 1.807) is 12.3 Å². The Labute approximate surface area is 127 Å². The molecule has 2 rings (SSSR count). The van der Waals surface area contributed by atoms with Gasteiger partial charge in [0.05, 0.1) is 6.54 Å². The molecule has 0 aliphatic carbocycles. The van der Waals surface area contributed by atoms with E-state index in [1.807, 2.05) is 26.8 Å². The van der Waals surface area contributed by atoms with Crippen molar-refractivity contribution in [1.29, 1.82) is 0 Å². The lowest BCUT2D eigenvalue weighted by Crippen LogP contribution is -2.38. The Bertz CT molecular complexity index is 498. The Morgan fingerprint density at radius 2 is 2.20 bits per heavy atom. The minimum absolute atomic E-state index is 0.227. The second-order valence-electron chi connectivity index (χ2n) is 6.05. The molecule has 0 spiro atoms. The molecule has 110 valence electrons. The molecule has 1 fully saturated rings. The average molecular weight is 343 g/mol. The van der Waals surface area contributed by atoms with E-state index < -0.39 is 17.3 Å². The fourth-order valence-electron chi connectivity index (χ4n) is 2.16. The van der Waals surface area contributed by atoms with Gasteiger partial charge in [0.1, 0.15) is 15.8 Å². The quantitative estimate of drug-likeness (QED) is 0.797. The van der Waals surface area contributed by atoms with E-state index in [2.05, 4.69) is 20.9 Å². The maximum atomic E-state index is 12.0. The minimum atomic E-state index is -1.05. The number of aromatic nitrogens is 1. The Hall–Kier alpha value is -1.14. The summed E-state index contributed by atoms with van der Waals surface area (Å²) >= 11 is 3.26. The van der Waals surface area contributed by atoms with Gasteiger partial charge in [-0.3, -0.25) is 0 Å². The van der Waals surface area contributed by atoms with Crippen LogP contribution in [-0.4, -0.2) is 39.8 Å². The summed E-state index contributed by atoms with van der Waals surface area (Å²) in [6.07, 6.45) is 1.72. The van der Waals surface area contributed by atoms with Gasteiger partial charge in [0.2, 0.25) is 0 Å². The predicted molar refractivity (Wildman–Crippen MR) is 78.3 cm³/mol. The molecule has 20 heavy (non-hydrogen) atoms. The molecule has 1 unspecified atom stereocenters. The van der Waals surface area contributed by atoms with E-state index in [9.17, 15) is 9.90 Å². The minimum Gasteiger partial charge on any atom is -0.444 e. The molecule has 0 radical (unpaired) electrons. The van der Waals surface area contributed by atoms with Crippen molar-refractivity contribution in [3.05, 3.63) is 28.5 Å². The molecule has 1 aliphatic heterocycles. The number of likely N-dealkylation sites (tertiary alicyclic amines) is 1. The van der Waals surface area contributed by atoms with Gasteiger partial charge in [-0.15, -0.1) is 0 Å². The summed E-state index contributed by atoms with van der Waals surface area (Å²) in [6.45, 7) is 6.18. The predicted octanol–water partition coefficient (Wildman–Crippen LogP) is 2.67. The summed E-state index contributed by atoms with van der Waals surface area (Å²) in [5, 5.41) is 10.7. The first-order chi connectivity index (χ1) is 9.20. The highest BCUT2D eigenvalue weighted by molar-refractivity contribution is 9.10. The smallest absolute Gasteiger partial charge is 0.410 e. The number of rotatable bonds is 1. The molecule has 1 aromatic rings. The number of hydrogen-bond donors (Lipinski definition) is 1. The maximum Gasteiger partial charge on any atom is 0.410 e. The molecule has 1 aromatic heterocycles. The number of amides is 1. The molecule has 1 atom stereocenters. The second kappa shape index (κ2) is 5.33. The Morgan fingerprint density at radius 3 is 2.75 bits per heavy atom. The summed E-state index contributed by atoms with van der Waals surface area (Å²) in [5.74, 6) is 0. The lowest BCUT2D eigenvalue weighted by atomic mass is 9.95. The van der Waals surface area contributed by atoms with Crippen molar-refractivity contribution in [1.82, 2.24) is 9.88 Å². The fraction of sp³-hybridized carbons (Fsp3) is 0.571. The van der Waals surface area contributed by atoms with Crippen molar-refractivity contribution >= 4 is 22.0 Å². The summed E-state index contributed by atoms with van der Waals surface area (Å²) in [6, 6.07) is 3.60. The molecular formula is C14H19BrN2O3. The zero-order chi connectivity index (χ0) is 15.0. The summed E-state index contributed by atoms with van der Waals surface area (Å²) in [7, 11) is 0. The van der Waals surface area contributed by atoms with Gasteiger partial charge >= 0.3 is 6.09 Å². The zero-order valence-corrected chi connectivity index (χ0v) is 13.5. The number of aliphatic hydroxyl groups is 1. The molecule has 0 aromatic carbocycles. The average Bonchev–Trinajstić information content (AvgIpc) is 2.72. The third-order valence-electron chi connectivity index (χ3n) is 3.16. The van der Waals surface area contributed by atoms with E-state index in [0.29, 0.717) is 23.1 Å². The van der Waals surface area contributed by atoms with Crippen molar-refractivity contribution in [2.75, 3.05) is 13.1 Å². The van der Waals surface area contributed by atoms with Gasteiger partial charge in [-0.2, -0.15) is 0 Å². The fourth-order valence-corrected chi connectivity index (χ4v) is 2.40. The van der Waals surface area contributed by atoms with Crippen LogP contribution in [0.15, 0.2) is 22.9 Å².